The number of rotatable bonds is 50. The van der Waals surface area contributed by atoms with Crippen molar-refractivity contribution in [2.45, 2.75) is 238 Å². The van der Waals surface area contributed by atoms with Gasteiger partial charge in [-0.1, -0.05) is 228 Å². The number of aliphatic hydroxyl groups excluding tert-OH is 2. The van der Waals surface area contributed by atoms with Crippen LogP contribution in [0.5, 0.6) is 0 Å². The van der Waals surface area contributed by atoms with E-state index in [0.717, 1.165) is 83.5 Å². The monoisotopic (exact) mass is 935 g/mol. The summed E-state index contributed by atoms with van der Waals surface area (Å²) in [6.45, 7) is 3.35. The molecule has 0 amide bonds. The summed E-state index contributed by atoms with van der Waals surface area (Å²) >= 11 is 0. The zero-order valence-electron chi connectivity index (χ0n) is 41.7. The van der Waals surface area contributed by atoms with Gasteiger partial charge >= 0.3 is 13.8 Å². The summed E-state index contributed by atoms with van der Waals surface area (Å²) in [4.78, 5) is 22.7. The topological polar surface area (TPSA) is 132 Å². The highest BCUT2D eigenvalue weighted by Gasteiger charge is 2.26. The van der Waals surface area contributed by atoms with Gasteiger partial charge in [-0.15, -0.1) is 0 Å². The van der Waals surface area contributed by atoms with Gasteiger partial charge in [0.2, 0.25) is 0 Å². The zero-order valence-corrected chi connectivity index (χ0v) is 42.6. The number of allylic oxidation sites excluding steroid dienone is 12. The highest BCUT2D eigenvalue weighted by atomic mass is 31.2. The quantitative estimate of drug-likeness (QED) is 0.0236. The first-order valence-electron chi connectivity index (χ1n) is 26.4. The molecular formula is C55H99O9P. The molecule has 0 aliphatic carbocycles. The lowest BCUT2D eigenvalue weighted by atomic mass is 10.0. The van der Waals surface area contributed by atoms with E-state index in [0.29, 0.717) is 6.61 Å². The number of esters is 1. The van der Waals surface area contributed by atoms with Gasteiger partial charge < -0.3 is 24.6 Å². The molecule has 0 aromatic carbocycles. The van der Waals surface area contributed by atoms with Gasteiger partial charge in [-0.2, -0.15) is 0 Å². The number of phosphoric ester groups is 1. The molecule has 0 aliphatic rings. The number of ether oxygens (including phenoxy) is 2. The van der Waals surface area contributed by atoms with Crippen LogP contribution in [0, 0.1) is 0 Å². The maximum absolute atomic E-state index is 12.7. The van der Waals surface area contributed by atoms with Gasteiger partial charge in [0, 0.05) is 13.0 Å². The largest absolute Gasteiger partial charge is 0.472 e. The Kier molecular flexibility index (Phi) is 49.6. The van der Waals surface area contributed by atoms with E-state index >= 15 is 0 Å². The van der Waals surface area contributed by atoms with Crippen LogP contribution in [-0.2, 0) is 27.9 Å². The van der Waals surface area contributed by atoms with Crippen molar-refractivity contribution >= 4 is 13.8 Å². The Morgan fingerprint density at radius 3 is 1.31 bits per heavy atom. The summed E-state index contributed by atoms with van der Waals surface area (Å²) in [5.74, 6) is -0.392. The lowest BCUT2D eigenvalue weighted by Crippen LogP contribution is -2.29. The van der Waals surface area contributed by atoms with E-state index in [1.807, 2.05) is 0 Å². The van der Waals surface area contributed by atoms with Crippen LogP contribution in [0.15, 0.2) is 72.9 Å². The number of aliphatic hydroxyl groups is 2. The highest BCUT2D eigenvalue weighted by molar-refractivity contribution is 7.47. The van der Waals surface area contributed by atoms with Crippen molar-refractivity contribution in [1.82, 2.24) is 0 Å². The molecule has 3 atom stereocenters. The van der Waals surface area contributed by atoms with Gasteiger partial charge in [0.15, 0.2) is 0 Å². The fourth-order valence-electron chi connectivity index (χ4n) is 7.18. The fourth-order valence-corrected chi connectivity index (χ4v) is 7.97. The van der Waals surface area contributed by atoms with Crippen LogP contribution in [0.4, 0.5) is 0 Å². The average molecular weight is 935 g/mol. The Morgan fingerprint density at radius 1 is 0.492 bits per heavy atom. The van der Waals surface area contributed by atoms with E-state index in [-0.39, 0.29) is 13.0 Å². The predicted molar refractivity (Wildman–Crippen MR) is 274 cm³/mol. The molecule has 0 radical (unpaired) electrons. The Labute approximate surface area is 399 Å². The van der Waals surface area contributed by atoms with E-state index in [4.69, 9.17) is 23.6 Å². The minimum absolute atomic E-state index is 0.0253. The summed E-state index contributed by atoms with van der Waals surface area (Å²) in [6, 6.07) is 0. The third-order valence-corrected chi connectivity index (χ3v) is 12.1. The van der Waals surface area contributed by atoms with Crippen LogP contribution in [-0.4, -0.2) is 66.3 Å². The molecule has 0 saturated carbocycles. The molecule has 0 saturated heterocycles. The predicted octanol–water partition coefficient (Wildman–Crippen LogP) is 15.7. The number of hydrogen-bond acceptors (Lipinski definition) is 8. The summed E-state index contributed by atoms with van der Waals surface area (Å²) in [6.07, 6.45) is 63.1. The maximum Gasteiger partial charge on any atom is 0.472 e. The number of carbonyl (C=O) groups excluding carboxylic acids is 1. The van der Waals surface area contributed by atoms with E-state index < -0.39 is 45.8 Å². The summed E-state index contributed by atoms with van der Waals surface area (Å²) < 4.78 is 33.5. The van der Waals surface area contributed by atoms with E-state index in [9.17, 15) is 19.4 Å². The first kappa shape index (κ1) is 62.9. The number of hydrogen-bond donors (Lipinski definition) is 3. The average Bonchev–Trinajstić information content (AvgIpc) is 3.30. The van der Waals surface area contributed by atoms with Gasteiger partial charge in [0.25, 0.3) is 0 Å². The van der Waals surface area contributed by atoms with Gasteiger partial charge in [-0.05, 0) is 64.2 Å². The molecule has 378 valence electrons. The van der Waals surface area contributed by atoms with Gasteiger partial charge in [-0.25, -0.2) is 4.57 Å². The maximum atomic E-state index is 12.7. The molecule has 0 spiro atoms. The van der Waals surface area contributed by atoms with Crippen molar-refractivity contribution in [3.05, 3.63) is 72.9 Å². The molecule has 65 heavy (non-hydrogen) atoms. The normalized spacial score (nSPS) is 14.4. The van der Waals surface area contributed by atoms with E-state index in [2.05, 4.69) is 86.8 Å². The highest BCUT2D eigenvalue weighted by Crippen LogP contribution is 2.43. The zero-order chi connectivity index (χ0) is 47.4. The molecule has 0 heterocycles. The molecule has 3 unspecified atom stereocenters. The van der Waals surface area contributed by atoms with Crippen LogP contribution >= 0.6 is 7.82 Å². The number of unbranched alkanes of at least 4 members (excludes halogenated alkanes) is 24. The first-order chi connectivity index (χ1) is 31.8. The second-order valence-corrected chi connectivity index (χ2v) is 19.0. The second-order valence-electron chi connectivity index (χ2n) is 17.5. The second kappa shape index (κ2) is 51.3. The van der Waals surface area contributed by atoms with Crippen LogP contribution in [0.2, 0.25) is 0 Å². The molecule has 9 nitrogen and oxygen atoms in total. The smallest absolute Gasteiger partial charge is 0.457 e. The lowest BCUT2D eigenvalue weighted by Gasteiger charge is -2.20. The minimum Gasteiger partial charge on any atom is -0.457 e. The van der Waals surface area contributed by atoms with Crippen molar-refractivity contribution in [2.24, 2.45) is 0 Å². The van der Waals surface area contributed by atoms with Crippen LogP contribution in [0.1, 0.15) is 226 Å². The molecule has 3 N–H and O–H groups in total. The van der Waals surface area contributed by atoms with Crippen molar-refractivity contribution in [3.63, 3.8) is 0 Å². The van der Waals surface area contributed by atoms with Gasteiger partial charge in [0.05, 0.1) is 26.4 Å². The lowest BCUT2D eigenvalue weighted by molar-refractivity contribution is -0.154. The van der Waals surface area contributed by atoms with Crippen molar-refractivity contribution in [1.29, 1.82) is 0 Å². The first-order valence-corrected chi connectivity index (χ1v) is 27.9. The third-order valence-electron chi connectivity index (χ3n) is 11.2. The Hall–Kier alpha value is -2.10. The van der Waals surface area contributed by atoms with Crippen LogP contribution in [0.3, 0.4) is 0 Å². The SMILES string of the molecule is CC/C=C\C/C=C\C/C=C\C/C=C\C/C=C\C/C=C\CCCCCOCC(COP(=O)(O)OCC(O)CO)OC(=O)CCCCCCCCCCCCCCCCCCCCCCCC. The Morgan fingerprint density at radius 2 is 0.877 bits per heavy atom. The Bertz CT molecular complexity index is 1240. The van der Waals surface area contributed by atoms with Crippen molar-refractivity contribution in [3.8, 4) is 0 Å². The van der Waals surface area contributed by atoms with Crippen molar-refractivity contribution in [2.75, 3.05) is 33.0 Å². The molecule has 0 aliphatic heterocycles. The van der Waals surface area contributed by atoms with Crippen LogP contribution < -0.4 is 0 Å². The summed E-state index contributed by atoms with van der Waals surface area (Å²) in [5, 5.41) is 18.4. The van der Waals surface area contributed by atoms with Gasteiger partial charge in [-0.3, -0.25) is 13.8 Å². The number of carbonyl (C=O) groups is 1. The molecule has 10 heteroatoms. The van der Waals surface area contributed by atoms with Crippen molar-refractivity contribution < 1.29 is 43.0 Å². The molecule has 0 fully saturated rings. The van der Waals surface area contributed by atoms with Gasteiger partial charge in [0.1, 0.15) is 12.2 Å². The molecule has 0 rings (SSSR count). The molecule has 0 bridgehead atoms. The minimum atomic E-state index is -4.54. The molecular weight excluding hydrogens is 836 g/mol. The summed E-state index contributed by atoms with van der Waals surface area (Å²) in [5.41, 5.74) is 0. The number of phosphoric acid groups is 1. The van der Waals surface area contributed by atoms with E-state index in [1.165, 1.54) is 122 Å². The third kappa shape index (κ3) is 51.1. The Balaban J connectivity index is 4.13. The molecule has 0 aromatic rings. The standard InChI is InChI=1S/C55H99O9P/c1-3-5-7-9-11-13-15-17-19-21-23-25-27-29-31-33-35-37-39-41-43-45-47-55(58)64-54(52-63-65(59,60)62-50-53(57)49-56)51-61-48-46-44-42-40-38-36-34-32-30-28-26-24-22-20-18-16-14-12-10-8-6-4-2/h6,8,12,14,18,20,24,26,30,32,36,38,53-54,56-57H,3-5,7,9-11,13,15-17,19,21-23,25,27-29,31,33-35,37,39-52H2,1-2H3,(H,59,60)/b8-6-,14-12-,20-18-,26-24-,32-30-,38-36-. The van der Waals surface area contributed by atoms with E-state index in [1.54, 1.807) is 0 Å². The fraction of sp³-hybridized carbons (Fsp3) is 0.764. The van der Waals surface area contributed by atoms with Crippen LogP contribution in [0.25, 0.3) is 0 Å². The molecule has 0 aromatic heterocycles. The summed E-state index contributed by atoms with van der Waals surface area (Å²) in [7, 11) is -4.54.